The van der Waals surface area contributed by atoms with Crippen molar-refractivity contribution in [2.24, 2.45) is 5.41 Å². The predicted molar refractivity (Wildman–Crippen MR) is 58.1 cm³/mol. The third kappa shape index (κ3) is 6.05. The van der Waals surface area contributed by atoms with Gasteiger partial charge in [-0.2, -0.15) is 0 Å². The van der Waals surface area contributed by atoms with Crippen molar-refractivity contribution in [1.82, 2.24) is 5.32 Å². The van der Waals surface area contributed by atoms with E-state index in [1.807, 2.05) is 0 Å². The Bertz CT molecular complexity index is 107. The Labute approximate surface area is 83.1 Å². The lowest BCUT2D eigenvalue weighted by molar-refractivity contribution is 0.0551. The molecule has 0 aliphatic carbocycles. The van der Waals surface area contributed by atoms with Gasteiger partial charge >= 0.3 is 0 Å². The van der Waals surface area contributed by atoms with E-state index in [-0.39, 0.29) is 0 Å². The first kappa shape index (κ1) is 12.9. The Morgan fingerprint density at radius 3 is 2.38 bits per heavy atom. The maximum Gasteiger partial charge on any atom is 0.0531 e. The Balaban J connectivity index is 3.84. The maximum atomic E-state index is 5.51. The van der Waals surface area contributed by atoms with Gasteiger partial charge in [-0.05, 0) is 19.9 Å². The zero-order valence-electron chi connectivity index (χ0n) is 9.65. The van der Waals surface area contributed by atoms with Gasteiger partial charge in [-0.15, -0.1) is 0 Å². The van der Waals surface area contributed by atoms with Gasteiger partial charge in [0.2, 0.25) is 0 Å². The topological polar surface area (TPSA) is 21.3 Å². The second-order valence-corrected chi connectivity index (χ2v) is 3.98. The molecule has 0 saturated heterocycles. The summed E-state index contributed by atoms with van der Waals surface area (Å²) >= 11 is 0. The van der Waals surface area contributed by atoms with Crippen molar-refractivity contribution in [3.05, 3.63) is 0 Å². The summed E-state index contributed by atoms with van der Waals surface area (Å²) in [6.07, 6.45) is 2.47. The summed E-state index contributed by atoms with van der Waals surface area (Å²) in [6, 6.07) is 0. The highest BCUT2D eigenvalue weighted by atomic mass is 16.5. The minimum absolute atomic E-state index is 0.320. The van der Waals surface area contributed by atoms with Gasteiger partial charge in [-0.1, -0.05) is 27.2 Å². The Hall–Kier alpha value is -0.0800. The average molecular weight is 187 g/mol. The summed E-state index contributed by atoms with van der Waals surface area (Å²) in [5.41, 5.74) is 0.320. The normalized spacial score (nSPS) is 15.7. The summed E-state index contributed by atoms with van der Waals surface area (Å²) in [7, 11) is 0. The van der Waals surface area contributed by atoms with E-state index >= 15 is 0 Å². The van der Waals surface area contributed by atoms with Crippen molar-refractivity contribution < 1.29 is 4.74 Å². The monoisotopic (exact) mass is 187 g/mol. The van der Waals surface area contributed by atoms with Crippen molar-refractivity contribution >= 4 is 0 Å². The first-order valence-corrected chi connectivity index (χ1v) is 5.47. The minimum atomic E-state index is 0.320. The molecule has 0 aliphatic rings. The Morgan fingerprint density at radius 2 is 1.92 bits per heavy atom. The van der Waals surface area contributed by atoms with Crippen LogP contribution in [0, 0.1) is 5.41 Å². The van der Waals surface area contributed by atoms with Gasteiger partial charge < -0.3 is 10.1 Å². The molecule has 0 aromatic rings. The molecule has 1 unspecified atom stereocenters. The molecule has 0 bridgehead atoms. The van der Waals surface area contributed by atoms with Crippen LogP contribution in [0.4, 0.5) is 0 Å². The van der Waals surface area contributed by atoms with E-state index in [0.717, 1.165) is 26.3 Å². The van der Waals surface area contributed by atoms with Crippen molar-refractivity contribution in [2.75, 3.05) is 26.3 Å². The number of rotatable bonds is 8. The van der Waals surface area contributed by atoms with Gasteiger partial charge in [0, 0.05) is 18.6 Å². The van der Waals surface area contributed by atoms with Crippen molar-refractivity contribution in [2.45, 2.75) is 40.5 Å². The summed E-state index contributed by atoms with van der Waals surface area (Å²) in [5.74, 6) is 0. The van der Waals surface area contributed by atoms with E-state index < -0.39 is 0 Å². The first-order valence-electron chi connectivity index (χ1n) is 5.47. The van der Waals surface area contributed by atoms with Gasteiger partial charge in [-0.25, -0.2) is 0 Å². The molecule has 0 aromatic carbocycles. The van der Waals surface area contributed by atoms with Crippen LogP contribution in [-0.2, 0) is 4.74 Å². The SMILES string of the molecule is CCCC(C)(CNCC)COCC. The van der Waals surface area contributed by atoms with E-state index in [0.29, 0.717) is 5.41 Å². The molecule has 0 amide bonds. The zero-order chi connectivity index (χ0) is 10.2. The van der Waals surface area contributed by atoms with E-state index in [9.17, 15) is 0 Å². The van der Waals surface area contributed by atoms with Crippen LogP contribution in [0.15, 0.2) is 0 Å². The molecule has 0 aromatic heterocycles. The van der Waals surface area contributed by atoms with E-state index in [2.05, 4.69) is 33.0 Å². The van der Waals surface area contributed by atoms with Crippen LogP contribution in [0.25, 0.3) is 0 Å². The molecule has 13 heavy (non-hydrogen) atoms. The summed E-state index contributed by atoms with van der Waals surface area (Å²) in [4.78, 5) is 0. The minimum Gasteiger partial charge on any atom is -0.381 e. The highest BCUT2D eigenvalue weighted by molar-refractivity contribution is 4.75. The van der Waals surface area contributed by atoms with Crippen LogP contribution in [0.1, 0.15) is 40.5 Å². The fourth-order valence-corrected chi connectivity index (χ4v) is 1.59. The molecule has 0 heterocycles. The van der Waals surface area contributed by atoms with Crippen LogP contribution in [-0.4, -0.2) is 26.3 Å². The number of ether oxygens (including phenoxy) is 1. The Kier molecular flexibility index (Phi) is 7.29. The molecule has 2 nitrogen and oxygen atoms in total. The lowest BCUT2D eigenvalue weighted by Gasteiger charge is -2.29. The highest BCUT2D eigenvalue weighted by Gasteiger charge is 2.22. The summed E-state index contributed by atoms with van der Waals surface area (Å²) in [6.45, 7) is 12.6. The third-order valence-electron chi connectivity index (χ3n) is 2.31. The van der Waals surface area contributed by atoms with Crippen LogP contribution >= 0.6 is 0 Å². The van der Waals surface area contributed by atoms with Crippen LogP contribution in [0.5, 0.6) is 0 Å². The smallest absolute Gasteiger partial charge is 0.0531 e. The van der Waals surface area contributed by atoms with Gasteiger partial charge in [0.15, 0.2) is 0 Å². The third-order valence-corrected chi connectivity index (χ3v) is 2.31. The Morgan fingerprint density at radius 1 is 1.23 bits per heavy atom. The second kappa shape index (κ2) is 7.34. The van der Waals surface area contributed by atoms with Gasteiger partial charge in [-0.3, -0.25) is 0 Å². The van der Waals surface area contributed by atoms with Crippen LogP contribution < -0.4 is 5.32 Å². The zero-order valence-corrected chi connectivity index (χ0v) is 9.65. The molecule has 0 rings (SSSR count). The van der Waals surface area contributed by atoms with E-state index in [4.69, 9.17) is 4.74 Å². The fraction of sp³-hybridized carbons (Fsp3) is 1.00. The lowest BCUT2D eigenvalue weighted by Crippen LogP contribution is -2.35. The maximum absolute atomic E-state index is 5.51. The van der Waals surface area contributed by atoms with E-state index in [1.54, 1.807) is 0 Å². The lowest BCUT2D eigenvalue weighted by atomic mass is 9.86. The molecular weight excluding hydrogens is 162 g/mol. The van der Waals surface area contributed by atoms with Gasteiger partial charge in [0.05, 0.1) is 6.61 Å². The van der Waals surface area contributed by atoms with Crippen molar-refractivity contribution in [3.8, 4) is 0 Å². The van der Waals surface area contributed by atoms with Crippen LogP contribution in [0.3, 0.4) is 0 Å². The molecule has 1 atom stereocenters. The quantitative estimate of drug-likeness (QED) is 0.630. The average Bonchev–Trinajstić information content (AvgIpc) is 2.12. The van der Waals surface area contributed by atoms with Crippen LogP contribution in [0.2, 0.25) is 0 Å². The molecule has 0 radical (unpaired) electrons. The number of hydrogen-bond donors (Lipinski definition) is 1. The standard InChI is InChI=1S/C11H25NO/c1-5-8-11(4,9-12-6-2)10-13-7-3/h12H,5-10H2,1-4H3. The second-order valence-electron chi connectivity index (χ2n) is 3.98. The highest BCUT2D eigenvalue weighted by Crippen LogP contribution is 2.22. The first-order chi connectivity index (χ1) is 6.18. The van der Waals surface area contributed by atoms with E-state index in [1.165, 1.54) is 12.8 Å². The molecule has 2 heteroatoms. The van der Waals surface area contributed by atoms with Gasteiger partial charge in [0.1, 0.15) is 0 Å². The number of hydrogen-bond acceptors (Lipinski definition) is 2. The van der Waals surface area contributed by atoms with Crippen molar-refractivity contribution in [3.63, 3.8) is 0 Å². The number of nitrogens with one attached hydrogen (secondary N) is 1. The predicted octanol–water partition coefficient (Wildman–Crippen LogP) is 2.44. The molecule has 1 N–H and O–H groups in total. The fourth-order valence-electron chi connectivity index (χ4n) is 1.59. The van der Waals surface area contributed by atoms with Gasteiger partial charge in [0.25, 0.3) is 0 Å². The molecule has 0 aliphatic heterocycles. The molecule has 80 valence electrons. The summed E-state index contributed by atoms with van der Waals surface area (Å²) < 4.78 is 5.51. The largest absolute Gasteiger partial charge is 0.381 e. The molecule has 0 fully saturated rings. The van der Waals surface area contributed by atoms with Crippen molar-refractivity contribution in [1.29, 1.82) is 0 Å². The molecule has 0 spiro atoms. The molecular formula is C11H25NO. The summed E-state index contributed by atoms with van der Waals surface area (Å²) in [5, 5.41) is 3.40. The molecule has 0 saturated carbocycles.